The molecular weight excluding hydrogens is 310 g/mol. The zero-order valence-electron chi connectivity index (χ0n) is 7.15. The molecule has 1 aromatic carbocycles. The summed E-state index contributed by atoms with van der Waals surface area (Å²) in [7, 11) is 0. The van der Waals surface area contributed by atoms with Crippen LogP contribution in [0.2, 0.25) is 0 Å². The molecule has 72 valence electrons. The number of halogens is 2. The highest BCUT2D eigenvalue weighted by molar-refractivity contribution is 9.11. The van der Waals surface area contributed by atoms with E-state index in [0.29, 0.717) is 0 Å². The van der Waals surface area contributed by atoms with Gasteiger partial charge in [0.1, 0.15) is 0 Å². The monoisotopic (exact) mass is 315 g/mol. The third-order valence-corrected chi connectivity index (χ3v) is 2.79. The summed E-state index contributed by atoms with van der Waals surface area (Å²) in [6, 6.07) is 9.59. The van der Waals surface area contributed by atoms with Gasteiger partial charge in [0.05, 0.1) is 4.47 Å². The first-order chi connectivity index (χ1) is 6.75. The summed E-state index contributed by atoms with van der Waals surface area (Å²) in [4.78, 5) is 5.55. The zero-order chi connectivity index (χ0) is 9.97. The fourth-order valence-corrected chi connectivity index (χ4v) is 2.16. The number of benzene rings is 1. The SMILES string of the molecule is Brc1ccc(On2cccc2)c(Br)c1. The molecule has 1 heterocycles. The van der Waals surface area contributed by atoms with Crippen LogP contribution in [0.4, 0.5) is 0 Å². The van der Waals surface area contributed by atoms with E-state index in [0.717, 1.165) is 14.7 Å². The highest BCUT2D eigenvalue weighted by Crippen LogP contribution is 2.28. The minimum absolute atomic E-state index is 0.782. The van der Waals surface area contributed by atoms with E-state index in [4.69, 9.17) is 4.84 Å². The third-order valence-electron chi connectivity index (χ3n) is 1.67. The van der Waals surface area contributed by atoms with Gasteiger partial charge in [-0.1, -0.05) is 15.9 Å². The maximum absolute atomic E-state index is 5.55. The predicted octanol–water partition coefficient (Wildman–Crippen LogP) is 3.86. The molecule has 0 aliphatic rings. The quantitative estimate of drug-likeness (QED) is 0.820. The lowest BCUT2D eigenvalue weighted by Gasteiger charge is -2.07. The van der Waals surface area contributed by atoms with Crippen molar-refractivity contribution >= 4 is 31.9 Å². The van der Waals surface area contributed by atoms with Crippen molar-refractivity contribution in [2.75, 3.05) is 0 Å². The van der Waals surface area contributed by atoms with Crippen molar-refractivity contribution in [3.8, 4) is 5.75 Å². The molecule has 2 aromatic rings. The van der Waals surface area contributed by atoms with Crippen LogP contribution in [0.1, 0.15) is 0 Å². The molecule has 1 aromatic heterocycles. The Labute approximate surface area is 98.7 Å². The van der Waals surface area contributed by atoms with Crippen molar-refractivity contribution in [3.63, 3.8) is 0 Å². The fraction of sp³-hybridized carbons (Fsp3) is 0. The van der Waals surface area contributed by atoms with E-state index < -0.39 is 0 Å². The molecule has 0 spiro atoms. The molecule has 2 rings (SSSR count). The number of hydrogen-bond donors (Lipinski definition) is 0. The van der Waals surface area contributed by atoms with Gasteiger partial charge >= 0.3 is 0 Å². The first-order valence-corrected chi connectivity index (χ1v) is 5.61. The molecule has 0 unspecified atom stereocenters. The Hall–Kier alpha value is -0.740. The number of hydrogen-bond acceptors (Lipinski definition) is 1. The number of aromatic nitrogens is 1. The van der Waals surface area contributed by atoms with Crippen molar-refractivity contribution in [1.29, 1.82) is 0 Å². The van der Waals surface area contributed by atoms with E-state index in [1.807, 2.05) is 42.7 Å². The molecule has 0 fully saturated rings. The first-order valence-electron chi connectivity index (χ1n) is 4.02. The summed E-state index contributed by atoms with van der Waals surface area (Å²) in [6.45, 7) is 0. The zero-order valence-corrected chi connectivity index (χ0v) is 10.3. The Bertz CT molecular complexity index is 426. The van der Waals surface area contributed by atoms with Gasteiger partial charge in [0, 0.05) is 16.9 Å². The van der Waals surface area contributed by atoms with E-state index >= 15 is 0 Å². The van der Waals surface area contributed by atoms with Gasteiger partial charge in [-0.3, -0.25) is 0 Å². The molecular formula is C10H7Br2NO. The van der Waals surface area contributed by atoms with E-state index in [2.05, 4.69) is 31.9 Å². The molecule has 4 heteroatoms. The molecule has 0 radical (unpaired) electrons. The lowest BCUT2D eigenvalue weighted by atomic mass is 10.3. The smallest absolute Gasteiger partial charge is 0.170 e. The van der Waals surface area contributed by atoms with Gasteiger partial charge in [0.2, 0.25) is 0 Å². The Morgan fingerprint density at radius 3 is 2.43 bits per heavy atom. The molecule has 0 aliphatic carbocycles. The highest BCUT2D eigenvalue weighted by atomic mass is 79.9. The summed E-state index contributed by atoms with van der Waals surface area (Å²) in [5.74, 6) is 0.782. The van der Waals surface area contributed by atoms with Crippen LogP contribution in [0.25, 0.3) is 0 Å². The average Bonchev–Trinajstić information content (AvgIpc) is 2.62. The van der Waals surface area contributed by atoms with Crippen LogP contribution in [0.3, 0.4) is 0 Å². The van der Waals surface area contributed by atoms with Crippen LogP contribution in [0, 0.1) is 0 Å². The Morgan fingerprint density at radius 2 is 1.79 bits per heavy atom. The molecule has 14 heavy (non-hydrogen) atoms. The maximum Gasteiger partial charge on any atom is 0.170 e. The minimum Gasteiger partial charge on any atom is -0.375 e. The highest BCUT2D eigenvalue weighted by Gasteiger charge is 2.01. The van der Waals surface area contributed by atoms with Crippen molar-refractivity contribution in [3.05, 3.63) is 51.7 Å². The molecule has 0 N–H and O–H groups in total. The third kappa shape index (κ3) is 2.19. The minimum atomic E-state index is 0.782. The van der Waals surface area contributed by atoms with Gasteiger partial charge in [-0.15, -0.1) is 0 Å². The molecule has 2 nitrogen and oxygen atoms in total. The van der Waals surface area contributed by atoms with Gasteiger partial charge in [0.15, 0.2) is 5.75 Å². The lowest BCUT2D eigenvalue weighted by Crippen LogP contribution is -2.01. The Balaban J connectivity index is 2.25. The summed E-state index contributed by atoms with van der Waals surface area (Å²) in [5.41, 5.74) is 0. The fourth-order valence-electron chi connectivity index (χ4n) is 1.04. The normalized spacial score (nSPS) is 10.1. The van der Waals surface area contributed by atoms with Crippen molar-refractivity contribution in [2.45, 2.75) is 0 Å². The standard InChI is InChI=1S/C10H7Br2NO/c11-8-3-4-10(9(12)7-8)14-13-5-1-2-6-13/h1-7H. The molecule has 0 amide bonds. The van der Waals surface area contributed by atoms with E-state index in [-0.39, 0.29) is 0 Å². The average molecular weight is 317 g/mol. The topological polar surface area (TPSA) is 14.2 Å². The first kappa shape index (κ1) is 9.80. The van der Waals surface area contributed by atoms with Crippen LogP contribution in [0.5, 0.6) is 5.75 Å². The molecule has 0 aliphatic heterocycles. The maximum atomic E-state index is 5.55. The van der Waals surface area contributed by atoms with E-state index in [1.54, 1.807) is 4.73 Å². The van der Waals surface area contributed by atoms with Gasteiger partial charge in [-0.05, 0) is 46.3 Å². The Morgan fingerprint density at radius 1 is 1.07 bits per heavy atom. The predicted molar refractivity (Wildman–Crippen MR) is 62.3 cm³/mol. The largest absolute Gasteiger partial charge is 0.375 e. The van der Waals surface area contributed by atoms with E-state index in [1.165, 1.54) is 0 Å². The number of rotatable bonds is 2. The van der Waals surface area contributed by atoms with Crippen LogP contribution in [0.15, 0.2) is 51.7 Å². The van der Waals surface area contributed by atoms with Gasteiger partial charge in [-0.25, -0.2) is 0 Å². The second-order valence-corrected chi connectivity index (χ2v) is 4.48. The van der Waals surface area contributed by atoms with E-state index in [9.17, 15) is 0 Å². The van der Waals surface area contributed by atoms with Crippen LogP contribution < -0.4 is 4.84 Å². The van der Waals surface area contributed by atoms with Gasteiger partial charge < -0.3 is 4.84 Å². The van der Waals surface area contributed by atoms with Gasteiger partial charge in [0.25, 0.3) is 0 Å². The lowest BCUT2D eigenvalue weighted by molar-refractivity contribution is 0.215. The van der Waals surface area contributed by atoms with Crippen LogP contribution in [-0.2, 0) is 0 Å². The molecule has 0 saturated heterocycles. The number of nitrogens with zero attached hydrogens (tertiary/aromatic N) is 1. The molecule has 0 bridgehead atoms. The van der Waals surface area contributed by atoms with Crippen molar-refractivity contribution < 1.29 is 4.84 Å². The van der Waals surface area contributed by atoms with Gasteiger partial charge in [-0.2, -0.15) is 4.73 Å². The second kappa shape index (κ2) is 4.19. The summed E-state index contributed by atoms with van der Waals surface area (Å²) < 4.78 is 3.58. The van der Waals surface area contributed by atoms with Crippen molar-refractivity contribution in [2.24, 2.45) is 0 Å². The summed E-state index contributed by atoms with van der Waals surface area (Å²) in [5, 5.41) is 0. The molecule has 0 atom stereocenters. The van der Waals surface area contributed by atoms with Crippen LogP contribution >= 0.6 is 31.9 Å². The summed E-state index contributed by atoms with van der Waals surface area (Å²) in [6.07, 6.45) is 3.68. The second-order valence-electron chi connectivity index (χ2n) is 2.71. The molecule has 0 saturated carbocycles. The summed E-state index contributed by atoms with van der Waals surface area (Å²) >= 11 is 6.81. The van der Waals surface area contributed by atoms with Crippen LogP contribution in [-0.4, -0.2) is 4.73 Å². The van der Waals surface area contributed by atoms with Crippen molar-refractivity contribution in [1.82, 2.24) is 4.73 Å². The Kier molecular flexibility index (Phi) is 2.93.